The highest BCUT2D eigenvalue weighted by Crippen LogP contribution is 2.08. The molecule has 0 fully saturated rings. The Morgan fingerprint density at radius 3 is 2.62 bits per heavy atom. The van der Waals surface area contributed by atoms with Crippen molar-refractivity contribution in [3.8, 4) is 0 Å². The standard InChI is InChI=1S/C11H13NO4/c1-8-3-4-9(16-8)7-12(2)10(13)5-6-11(14)15/h3-6H,7H2,1-2H3,(H,14,15)/b6-5+. The van der Waals surface area contributed by atoms with E-state index in [-0.39, 0.29) is 5.91 Å². The number of carbonyl (C=O) groups is 2. The van der Waals surface area contributed by atoms with Crippen molar-refractivity contribution >= 4 is 11.9 Å². The molecule has 0 spiro atoms. The SMILES string of the molecule is Cc1ccc(CN(C)C(=O)/C=C/C(=O)O)o1. The summed E-state index contributed by atoms with van der Waals surface area (Å²) in [5.74, 6) is -0.0824. The van der Waals surface area contributed by atoms with E-state index in [0.717, 1.165) is 17.9 Å². The summed E-state index contributed by atoms with van der Waals surface area (Å²) in [6, 6.07) is 3.58. The van der Waals surface area contributed by atoms with Crippen molar-refractivity contribution in [2.45, 2.75) is 13.5 Å². The monoisotopic (exact) mass is 223 g/mol. The Bertz CT molecular complexity index is 419. The van der Waals surface area contributed by atoms with E-state index in [1.807, 2.05) is 6.92 Å². The summed E-state index contributed by atoms with van der Waals surface area (Å²) in [7, 11) is 1.58. The second-order valence-corrected chi connectivity index (χ2v) is 3.38. The zero-order valence-electron chi connectivity index (χ0n) is 9.14. The molecule has 0 aromatic carbocycles. The number of carboxylic acids is 1. The Morgan fingerprint density at radius 1 is 1.44 bits per heavy atom. The number of aryl methyl sites for hydroxylation is 1. The van der Waals surface area contributed by atoms with Gasteiger partial charge in [0.2, 0.25) is 5.91 Å². The highest BCUT2D eigenvalue weighted by Gasteiger charge is 2.08. The molecule has 0 saturated carbocycles. The molecule has 0 bridgehead atoms. The topological polar surface area (TPSA) is 70.8 Å². The lowest BCUT2D eigenvalue weighted by Gasteiger charge is -2.12. The predicted molar refractivity (Wildman–Crippen MR) is 56.7 cm³/mol. The van der Waals surface area contributed by atoms with Crippen LogP contribution < -0.4 is 0 Å². The van der Waals surface area contributed by atoms with Crippen LogP contribution in [0.1, 0.15) is 11.5 Å². The lowest BCUT2D eigenvalue weighted by Crippen LogP contribution is -2.24. The summed E-state index contributed by atoms with van der Waals surface area (Å²) in [4.78, 5) is 23.0. The van der Waals surface area contributed by atoms with Crippen LogP contribution in [0.2, 0.25) is 0 Å². The molecule has 0 saturated heterocycles. The fourth-order valence-electron chi connectivity index (χ4n) is 1.15. The van der Waals surface area contributed by atoms with Crippen LogP contribution in [0.5, 0.6) is 0 Å². The number of amides is 1. The average molecular weight is 223 g/mol. The second kappa shape index (κ2) is 5.16. The van der Waals surface area contributed by atoms with Gasteiger partial charge in [-0.15, -0.1) is 0 Å². The van der Waals surface area contributed by atoms with Gasteiger partial charge in [0.25, 0.3) is 0 Å². The van der Waals surface area contributed by atoms with Crippen LogP contribution in [0.4, 0.5) is 0 Å². The number of furan rings is 1. The molecule has 1 rings (SSSR count). The van der Waals surface area contributed by atoms with Crippen molar-refractivity contribution in [2.75, 3.05) is 7.05 Å². The average Bonchev–Trinajstić information content (AvgIpc) is 2.60. The smallest absolute Gasteiger partial charge is 0.328 e. The molecule has 0 aliphatic rings. The summed E-state index contributed by atoms with van der Waals surface area (Å²) in [6.07, 6.45) is 1.82. The van der Waals surface area contributed by atoms with Gasteiger partial charge in [-0.2, -0.15) is 0 Å². The van der Waals surface area contributed by atoms with E-state index in [9.17, 15) is 9.59 Å². The molecule has 86 valence electrons. The minimum Gasteiger partial charge on any atom is -0.478 e. The molecule has 1 amide bonds. The molecule has 1 aromatic rings. The number of rotatable bonds is 4. The quantitative estimate of drug-likeness (QED) is 0.778. The fourth-order valence-corrected chi connectivity index (χ4v) is 1.15. The van der Waals surface area contributed by atoms with Crippen LogP contribution in [0.15, 0.2) is 28.7 Å². The number of carboxylic acid groups (broad SMARTS) is 1. The van der Waals surface area contributed by atoms with Gasteiger partial charge in [0.1, 0.15) is 11.5 Å². The Kier molecular flexibility index (Phi) is 3.88. The van der Waals surface area contributed by atoms with Crippen molar-refractivity contribution in [1.82, 2.24) is 4.90 Å². The highest BCUT2D eigenvalue weighted by molar-refractivity contribution is 5.93. The Labute approximate surface area is 93.0 Å². The number of carbonyl (C=O) groups excluding carboxylic acids is 1. The van der Waals surface area contributed by atoms with Gasteiger partial charge in [-0.1, -0.05) is 0 Å². The van der Waals surface area contributed by atoms with Crippen LogP contribution in [-0.4, -0.2) is 28.9 Å². The molecule has 5 heteroatoms. The van der Waals surface area contributed by atoms with Crippen LogP contribution in [0, 0.1) is 6.92 Å². The number of hydrogen-bond acceptors (Lipinski definition) is 3. The number of hydrogen-bond donors (Lipinski definition) is 1. The van der Waals surface area contributed by atoms with Gasteiger partial charge in [-0.05, 0) is 19.1 Å². The van der Waals surface area contributed by atoms with E-state index in [1.165, 1.54) is 4.90 Å². The van der Waals surface area contributed by atoms with Crippen LogP contribution >= 0.6 is 0 Å². The lowest BCUT2D eigenvalue weighted by molar-refractivity contribution is -0.132. The summed E-state index contributed by atoms with van der Waals surface area (Å²) >= 11 is 0. The van der Waals surface area contributed by atoms with Crippen LogP contribution in [0.3, 0.4) is 0 Å². The molecule has 0 unspecified atom stereocenters. The number of likely N-dealkylation sites (N-methyl/N-ethyl adjacent to an activating group) is 1. The Balaban J connectivity index is 2.55. The van der Waals surface area contributed by atoms with Gasteiger partial charge >= 0.3 is 5.97 Å². The first-order valence-electron chi connectivity index (χ1n) is 4.70. The van der Waals surface area contributed by atoms with Gasteiger partial charge in [0, 0.05) is 19.2 Å². The van der Waals surface area contributed by atoms with Gasteiger partial charge in [-0.3, -0.25) is 4.79 Å². The van der Waals surface area contributed by atoms with E-state index >= 15 is 0 Å². The van der Waals surface area contributed by atoms with Gasteiger partial charge in [-0.25, -0.2) is 4.79 Å². The molecular formula is C11H13NO4. The van der Waals surface area contributed by atoms with Crippen molar-refractivity contribution in [1.29, 1.82) is 0 Å². The van der Waals surface area contributed by atoms with Crippen LogP contribution in [0.25, 0.3) is 0 Å². The zero-order chi connectivity index (χ0) is 12.1. The van der Waals surface area contributed by atoms with Gasteiger partial charge in [0.15, 0.2) is 0 Å². The molecule has 5 nitrogen and oxygen atoms in total. The number of nitrogens with zero attached hydrogens (tertiary/aromatic N) is 1. The molecule has 1 heterocycles. The van der Waals surface area contributed by atoms with Gasteiger partial charge < -0.3 is 14.4 Å². The normalized spacial score (nSPS) is 10.6. The maximum absolute atomic E-state index is 11.4. The molecule has 16 heavy (non-hydrogen) atoms. The first-order chi connectivity index (χ1) is 7.49. The molecule has 0 aliphatic heterocycles. The highest BCUT2D eigenvalue weighted by atomic mass is 16.4. The first kappa shape index (κ1) is 12.0. The van der Waals surface area contributed by atoms with E-state index in [4.69, 9.17) is 9.52 Å². The van der Waals surface area contributed by atoms with Crippen molar-refractivity contribution in [3.05, 3.63) is 35.8 Å². The molecule has 0 radical (unpaired) electrons. The van der Waals surface area contributed by atoms with Gasteiger partial charge in [0.05, 0.1) is 6.54 Å². The third-order valence-electron chi connectivity index (χ3n) is 1.93. The maximum Gasteiger partial charge on any atom is 0.328 e. The minimum absolute atomic E-state index is 0.316. The molecule has 0 aliphatic carbocycles. The second-order valence-electron chi connectivity index (χ2n) is 3.38. The Morgan fingerprint density at radius 2 is 2.12 bits per heavy atom. The van der Waals surface area contributed by atoms with E-state index in [2.05, 4.69) is 0 Å². The van der Waals surface area contributed by atoms with Crippen molar-refractivity contribution in [3.63, 3.8) is 0 Å². The number of aliphatic carboxylic acids is 1. The maximum atomic E-state index is 11.4. The lowest BCUT2D eigenvalue weighted by atomic mass is 10.4. The van der Waals surface area contributed by atoms with Crippen molar-refractivity contribution < 1.29 is 19.1 Å². The van der Waals surface area contributed by atoms with E-state index in [0.29, 0.717) is 12.3 Å². The molecule has 1 N–H and O–H groups in total. The third-order valence-corrected chi connectivity index (χ3v) is 1.93. The minimum atomic E-state index is -1.14. The summed E-state index contributed by atoms with van der Waals surface area (Å²) < 4.78 is 5.30. The Hall–Kier alpha value is -2.04. The summed E-state index contributed by atoms with van der Waals surface area (Å²) in [5, 5.41) is 8.36. The van der Waals surface area contributed by atoms with Crippen LogP contribution in [-0.2, 0) is 16.1 Å². The summed E-state index contributed by atoms with van der Waals surface area (Å²) in [6.45, 7) is 2.13. The first-order valence-corrected chi connectivity index (χ1v) is 4.70. The fraction of sp³-hybridized carbons (Fsp3) is 0.273. The molecule has 1 aromatic heterocycles. The predicted octanol–water partition coefficient (Wildman–Crippen LogP) is 1.19. The van der Waals surface area contributed by atoms with E-state index in [1.54, 1.807) is 19.2 Å². The zero-order valence-corrected chi connectivity index (χ0v) is 9.14. The van der Waals surface area contributed by atoms with Crippen molar-refractivity contribution in [2.24, 2.45) is 0 Å². The molecular weight excluding hydrogens is 210 g/mol. The third kappa shape index (κ3) is 3.61. The molecule has 0 atom stereocenters. The summed E-state index contributed by atoms with van der Waals surface area (Å²) in [5.41, 5.74) is 0. The van der Waals surface area contributed by atoms with E-state index < -0.39 is 5.97 Å². The largest absolute Gasteiger partial charge is 0.478 e.